The summed E-state index contributed by atoms with van der Waals surface area (Å²) in [5.74, 6) is 1.76. The van der Waals surface area contributed by atoms with Crippen LogP contribution in [0, 0.1) is 0 Å². The van der Waals surface area contributed by atoms with Crippen LogP contribution in [0.5, 0.6) is 0 Å². The van der Waals surface area contributed by atoms with Crippen molar-refractivity contribution in [2.24, 2.45) is 4.99 Å². The Bertz CT molecular complexity index is 963. The molecule has 9 heteroatoms. The van der Waals surface area contributed by atoms with Crippen LogP contribution >= 0.6 is 35.3 Å². The normalized spacial score (nSPS) is 13.9. The molecule has 0 radical (unpaired) electrons. The largest absolute Gasteiger partial charge is 0.356 e. The van der Waals surface area contributed by atoms with E-state index in [1.54, 1.807) is 11.3 Å². The number of aromatic amines is 1. The van der Waals surface area contributed by atoms with E-state index >= 15 is 0 Å². The molecule has 1 fully saturated rings. The first-order chi connectivity index (χ1) is 14.7. The number of thiazole rings is 1. The summed E-state index contributed by atoms with van der Waals surface area (Å²) in [4.78, 5) is 21.6. The van der Waals surface area contributed by atoms with Crippen molar-refractivity contribution in [3.8, 4) is 11.3 Å². The maximum atomic E-state index is 4.80. The molecule has 31 heavy (non-hydrogen) atoms. The molecule has 0 atom stereocenters. The second-order valence-corrected chi connectivity index (χ2v) is 8.34. The molecule has 7 nitrogen and oxygen atoms in total. The Labute approximate surface area is 205 Å². The lowest BCUT2D eigenvalue weighted by molar-refractivity contribution is 0.464. The van der Waals surface area contributed by atoms with Crippen LogP contribution in [0.15, 0.2) is 46.9 Å². The molecule has 3 aromatic rings. The van der Waals surface area contributed by atoms with Gasteiger partial charge in [-0.25, -0.2) is 9.97 Å². The maximum absolute atomic E-state index is 4.80. The number of aliphatic imine (C=N–C) groups is 1. The molecule has 0 amide bonds. The van der Waals surface area contributed by atoms with Crippen molar-refractivity contribution < 1.29 is 0 Å². The second kappa shape index (κ2) is 11.5. The van der Waals surface area contributed by atoms with E-state index in [-0.39, 0.29) is 24.0 Å². The predicted octanol–water partition coefficient (Wildman–Crippen LogP) is 4.00. The molecule has 1 aliphatic heterocycles. The zero-order chi connectivity index (χ0) is 20.8. The zero-order valence-electron chi connectivity index (χ0n) is 18.0. The number of hydrogen-bond donors (Lipinski definition) is 2. The Kier molecular flexibility index (Phi) is 8.70. The van der Waals surface area contributed by atoms with Crippen molar-refractivity contribution in [1.82, 2.24) is 25.2 Å². The van der Waals surface area contributed by atoms with Gasteiger partial charge in [0, 0.05) is 45.5 Å². The molecule has 0 bridgehead atoms. The summed E-state index contributed by atoms with van der Waals surface area (Å²) in [5, 5.41) is 6.78. The molecule has 0 saturated carbocycles. The van der Waals surface area contributed by atoms with Crippen LogP contribution in [0.1, 0.15) is 24.4 Å². The van der Waals surface area contributed by atoms with E-state index in [1.807, 2.05) is 38.5 Å². The maximum Gasteiger partial charge on any atom is 0.193 e. The molecule has 0 unspecified atom stereocenters. The molecule has 2 N–H and O–H groups in total. The van der Waals surface area contributed by atoms with Gasteiger partial charge >= 0.3 is 0 Å². The molecule has 1 saturated heterocycles. The molecular weight excluding hydrogens is 521 g/mol. The monoisotopic (exact) mass is 551 g/mol. The smallest absolute Gasteiger partial charge is 0.193 e. The number of nitrogens with zero attached hydrogens (tertiary/aromatic N) is 5. The average Bonchev–Trinajstić information content (AvgIpc) is 3.53. The Morgan fingerprint density at radius 3 is 2.77 bits per heavy atom. The Morgan fingerprint density at radius 2 is 2.03 bits per heavy atom. The van der Waals surface area contributed by atoms with Crippen molar-refractivity contribution in [3.05, 3.63) is 53.4 Å². The number of anilines is 1. The summed E-state index contributed by atoms with van der Waals surface area (Å²) in [7, 11) is 3.83. The second-order valence-electron chi connectivity index (χ2n) is 7.51. The predicted molar refractivity (Wildman–Crippen MR) is 140 cm³/mol. The van der Waals surface area contributed by atoms with Crippen LogP contribution in [0.4, 0.5) is 5.13 Å². The molecule has 1 aromatic carbocycles. The highest BCUT2D eigenvalue weighted by Gasteiger charge is 2.16. The summed E-state index contributed by atoms with van der Waals surface area (Å²) in [6.45, 7) is 3.73. The SMILES string of the molecule is CN=C(NCCc1csc(N2CCCC2)n1)N(C)Cc1ncc(-c2ccccc2)[nH]1.I. The van der Waals surface area contributed by atoms with Gasteiger partial charge in [-0.05, 0) is 18.4 Å². The molecular formula is C22H30IN7S. The van der Waals surface area contributed by atoms with Gasteiger partial charge in [0.05, 0.1) is 24.1 Å². The van der Waals surface area contributed by atoms with Crippen molar-refractivity contribution in [1.29, 1.82) is 0 Å². The van der Waals surface area contributed by atoms with E-state index < -0.39 is 0 Å². The van der Waals surface area contributed by atoms with Crippen molar-refractivity contribution in [2.45, 2.75) is 25.8 Å². The van der Waals surface area contributed by atoms with E-state index in [4.69, 9.17) is 4.98 Å². The number of imidazole rings is 1. The fourth-order valence-corrected chi connectivity index (χ4v) is 4.57. The first-order valence-corrected chi connectivity index (χ1v) is 11.3. The molecule has 1 aliphatic rings. The van der Waals surface area contributed by atoms with Crippen molar-refractivity contribution in [2.75, 3.05) is 38.6 Å². The van der Waals surface area contributed by atoms with Crippen LogP contribution in [-0.2, 0) is 13.0 Å². The minimum Gasteiger partial charge on any atom is -0.356 e. The van der Waals surface area contributed by atoms with Crippen LogP contribution in [0.25, 0.3) is 11.3 Å². The summed E-state index contributed by atoms with van der Waals surface area (Å²) < 4.78 is 0. The first kappa shape index (κ1) is 23.5. The number of benzene rings is 1. The molecule has 166 valence electrons. The summed E-state index contributed by atoms with van der Waals surface area (Å²) in [5.41, 5.74) is 3.31. The number of nitrogens with one attached hydrogen (secondary N) is 2. The van der Waals surface area contributed by atoms with Crippen LogP contribution in [0.3, 0.4) is 0 Å². The number of halogens is 1. The van der Waals surface area contributed by atoms with Gasteiger partial charge in [0.25, 0.3) is 0 Å². The number of aromatic nitrogens is 3. The third-order valence-electron chi connectivity index (χ3n) is 5.25. The van der Waals surface area contributed by atoms with E-state index in [0.29, 0.717) is 6.54 Å². The van der Waals surface area contributed by atoms with Gasteiger partial charge in [-0.15, -0.1) is 35.3 Å². The third kappa shape index (κ3) is 6.19. The Hall–Kier alpha value is -2.14. The minimum atomic E-state index is 0. The van der Waals surface area contributed by atoms with Gasteiger partial charge in [0.15, 0.2) is 11.1 Å². The number of H-pyrrole nitrogens is 1. The zero-order valence-corrected chi connectivity index (χ0v) is 21.2. The fourth-order valence-electron chi connectivity index (χ4n) is 3.66. The highest BCUT2D eigenvalue weighted by molar-refractivity contribution is 14.0. The molecule has 0 spiro atoms. The lowest BCUT2D eigenvalue weighted by Gasteiger charge is -2.21. The first-order valence-electron chi connectivity index (χ1n) is 10.4. The standard InChI is InChI=1S/C22H29N7S.HI/c1-23-21(24-11-10-18-16-30-22(26-18)29-12-6-7-13-29)28(2)15-20-25-14-19(27-20)17-8-4-3-5-9-17;/h3-5,8-9,14,16H,6-7,10-13,15H2,1-2H3,(H,23,24)(H,25,27);1H. The summed E-state index contributed by atoms with van der Waals surface area (Å²) in [6, 6.07) is 10.2. The van der Waals surface area contributed by atoms with Crippen LogP contribution < -0.4 is 10.2 Å². The van der Waals surface area contributed by atoms with Crippen molar-refractivity contribution >= 4 is 46.4 Å². The molecule has 4 rings (SSSR count). The lowest BCUT2D eigenvalue weighted by atomic mass is 10.2. The van der Waals surface area contributed by atoms with Gasteiger partial charge in [0.1, 0.15) is 5.82 Å². The van der Waals surface area contributed by atoms with Crippen LogP contribution in [-0.4, -0.2) is 59.5 Å². The van der Waals surface area contributed by atoms with Gasteiger partial charge in [-0.2, -0.15) is 0 Å². The quantitative estimate of drug-likeness (QED) is 0.264. The van der Waals surface area contributed by atoms with E-state index in [0.717, 1.165) is 59.9 Å². The highest BCUT2D eigenvalue weighted by atomic mass is 127. The number of rotatable bonds is 7. The van der Waals surface area contributed by atoms with Gasteiger partial charge in [-0.1, -0.05) is 30.3 Å². The fraction of sp³-hybridized carbons (Fsp3) is 0.409. The van der Waals surface area contributed by atoms with Crippen LogP contribution in [0.2, 0.25) is 0 Å². The summed E-state index contributed by atoms with van der Waals surface area (Å²) in [6.07, 6.45) is 5.33. The van der Waals surface area contributed by atoms with Crippen molar-refractivity contribution in [3.63, 3.8) is 0 Å². The molecule has 0 aliphatic carbocycles. The van der Waals surface area contributed by atoms with E-state index in [2.05, 4.69) is 47.6 Å². The van der Waals surface area contributed by atoms with Gasteiger partial charge in [0.2, 0.25) is 0 Å². The van der Waals surface area contributed by atoms with Gasteiger partial charge in [-0.3, -0.25) is 4.99 Å². The summed E-state index contributed by atoms with van der Waals surface area (Å²) >= 11 is 1.75. The highest BCUT2D eigenvalue weighted by Crippen LogP contribution is 2.24. The number of guanidine groups is 1. The lowest BCUT2D eigenvalue weighted by Crippen LogP contribution is -2.39. The Morgan fingerprint density at radius 1 is 1.26 bits per heavy atom. The topological polar surface area (TPSA) is 72.4 Å². The van der Waals surface area contributed by atoms with E-state index in [1.165, 1.54) is 12.8 Å². The van der Waals surface area contributed by atoms with Gasteiger partial charge < -0.3 is 20.1 Å². The average molecular weight is 552 g/mol. The Balaban J connectivity index is 0.00000272. The van der Waals surface area contributed by atoms with E-state index in [9.17, 15) is 0 Å². The number of hydrogen-bond acceptors (Lipinski definition) is 5. The molecule has 2 aromatic heterocycles. The minimum absolute atomic E-state index is 0. The third-order valence-corrected chi connectivity index (χ3v) is 6.20. The molecule has 3 heterocycles.